The van der Waals surface area contributed by atoms with Crippen LogP contribution in [0.15, 0.2) is 12.2 Å². The Kier molecular flexibility index (Phi) is 5.28. The van der Waals surface area contributed by atoms with Crippen molar-refractivity contribution in [3.8, 4) is 0 Å². The van der Waals surface area contributed by atoms with Crippen molar-refractivity contribution in [2.24, 2.45) is 17.8 Å². The molecule has 0 nitrogen and oxygen atoms in total. The van der Waals surface area contributed by atoms with Crippen LogP contribution >= 0.6 is 0 Å². The monoisotopic (exact) mass is 168 g/mol. The van der Waals surface area contributed by atoms with Crippen LogP contribution in [0.5, 0.6) is 0 Å². The summed E-state index contributed by atoms with van der Waals surface area (Å²) >= 11 is 0. The van der Waals surface area contributed by atoms with Gasteiger partial charge in [-0.05, 0) is 30.6 Å². The molecule has 0 radical (unpaired) electrons. The van der Waals surface area contributed by atoms with Crippen LogP contribution in [0, 0.1) is 17.8 Å². The Balaban J connectivity index is 3.84. The summed E-state index contributed by atoms with van der Waals surface area (Å²) in [5, 5.41) is 0. The molecule has 2 unspecified atom stereocenters. The van der Waals surface area contributed by atoms with Gasteiger partial charge in [-0.25, -0.2) is 0 Å². The molecule has 0 rings (SSSR count). The van der Waals surface area contributed by atoms with Crippen molar-refractivity contribution in [3.63, 3.8) is 0 Å². The lowest BCUT2D eigenvalue weighted by Gasteiger charge is -2.20. The molecule has 0 saturated carbocycles. The fraction of sp³-hybridized carbons (Fsp3) is 0.833. The van der Waals surface area contributed by atoms with E-state index in [1.165, 1.54) is 18.4 Å². The molecule has 0 heteroatoms. The molecule has 0 bridgehead atoms. The number of rotatable bonds is 5. The molecule has 0 saturated heterocycles. The van der Waals surface area contributed by atoms with Gasteiger partial charge in [-0.3, -0.25) is 0 Å². The first kappa shape index (κ1) is 11.7. The summed E-state index contributed by atoms with van der Waals surface area (Å²) in [6, 6.07) is 0. The molecule has 0 aliphatic rings. The Morgan fingerprint density at radius 3 is 2.00 bits per heavy atom. The Morgan fingerprint density at radius 2 is 1.67 bits per heavy atom. The maximum atomic E-state index is 4.15. The molecule has 0 aromatic rings. The zero-order valence-corrected chi connectivity index (χ0v) is 9.35. The molecule has 0 spiro atoms. The average molecular weight is 168 g/mol. The first-order valence-corrected chi connectivity index (χ1v) is 5.16. The van der Waals surface area contributed by atoms with E-state index in [9.17, 15) is 0 Å². The van der Waals surface area contributed by atoms with Crippen LogP contribution in [0.25, 0.3) is 0 Å². The van der Waals surface area contributed by atoms with Gasteiger partial charge in [0.25, 0.3) is 0 Å². The predicted octanol–water partition coefficient (Wildman–Crippen LogP) is 4.27. The second kappa shape index (κ2) is 5.40. The Labute approximate surface area is 78.1 Å². The van der Waals surface area contributed by atoms with Gasteiger partial charge in [0.1, 0.15) is 0 Å². The maximum absolute atomic E-state index is 4.15. The molecule has 0 N–H and O–H groups in total. The number of allylic oxidation sites excluding steroid dienone is 1. The van der Waals surface area contributed by atoms with Crippen LogP contribution in [0.2, 0.25) is 0 Å². The van der Waals surface area contributed by atoms with Crippen molar-refractivity contribution in [1.82, 2.24) is 0 Å². The Hall–Kier alpha value is -0.260. The van der Waals surface area contributed by atoms with E-state index in [-0.39, 0.29) is 0 Å². The fourth-order valence-corrected chi connectivity index (χ4v) is 1.14. The molecule has 72 valence electrons. The summed E-state index contributed by atoms with van der Waals surface area (Å²) in [7, 11) is 0. The zero-order valence-electron chi connectivity index (χ0n) is 9.35. The SMILES string of the molecule is C=C(CC(C)C(C)C)C(C)CC. The van der Waals surface area contributed by atoms with Gasteiger partial charge < -0.3 is 0 Å². The summed E-state index contributed by atoms with van der Waals surface area (Å²) in [6.45, 7) is 15.5. The van der Waals surface area contributed by atoms with Gasteiger partial charge in [-0.1, -0.05) is 46.8 Å². The van der Waals surface area contributed by atoms with E-state index >= 15 is 0 Å². The van der Waals surface area contributed by atoms with Crippen LogP contribution < -0.4 is 0 Å². The molecule has 0 amide bonds. The van der Waals surface area contributed by atoms with Gasteiger partial charge >= 0.3 is 0 Å². The lowest BCUT2D eigenvalue weighted by molar-refractivity contribution is 0.401. The molecular weight excluding hydrogens is 144 g/mol. The normalized spacial score (nSPS) is 16.2. The van der Waals surface area contributed by atoms with E-state index in [1.54, 1.807) is 0 Å². The summed E-state index contributed by atoms with van der Waals surface area (Å²) in [5.41, 5.74) is 1.43. The molecule has 0 heterocycles. The third-order valence-electron chi connectivity index (χ3n) is 3.03. The third kappa shape index (κ3) is 3.94. The van der Waals surface area contributed by atoms with Gasteiger partial charge in [0.15, 0.2) is 0 Å². The lowest BCUT2D eigenvalue weighted by atomic mass is 9.86. The lowest BCUT2D eigenvalue weighted by Crippen LogP contribution is -2.08. The highest BCUT2D eigenvalue weighted by atomic mass is 14.2. The zero-order chi connectivity index (χ0) is 9.72. The van der Waals surface area contributed by atoms with Gasteiger partial charge in [-0.15, -0.1) is 0 Å². The van der Waals surface area contributed by atoms with E-state index in [2.05, 4.69) is 41.2 Å². The summed E-state index contributed by atoms with van der Waals surface area (Å²) in [5.74, 6) is 2.27. The van der Waals surface area contributed by atoms with E-state index in [4.69, 9.17) is 0 Å². The summed E-state index contributed by atoms with van der Waals surface area (Å²) in [6.07, 6.45) is 2.43. The topological polar surface area (TPSA) is 0 Å². The standard InChI is InChI=1S/C12H24/c1-7-10(4)12(6)8-11(5)9(2)3/h9-11H,6-8H2,1-5H3. The minimum Gasteiger partial charge on any atom is -0.0996 e. The van der Waals surface area contributed by atoms with Crippen molar-refractivity contribution in [3.05, 3.63) is 12.2 Å². The van der Waals surface area contributed by atoms with Crippen molar-refractivity contribution < 1.29 is 0 Å². The molecular formula is C12H24. The largest absolute Gasteiger partial charge is 0.0996 e. The summed E-state index contributed by atoms with van der Waals surface area (Å²) < 4.78 is 0. The van der Waals surface area contributed by atoms with Crippen LogP contribution in [-0.2, 0) is 0 Å². The second-order valence-corrected chi connectivity index (χ2v) is 4.39. The van der Waals surface area contributed by atoms with Gasteiger partial charge in [0.05, 0.1) is 0 Å². The highest BCUT2D eigenvalue weighted by Gasteiger charge is 2.11. The fourth-order valence-electron chi connectivity index (χ4n) is 1.14. The van der Waals surface area contributed by atoms with Crippen LogP contribution in [0.4, 0.5) is 0 Å². The first-order valence-electron chi connectivity index (χ1n) is 5.16. The third-order valence-corrected chi connectivity index (χ3v) is 3.03. The van der Waals surface area contributed by atoms with Gasteiger partial charge in [0.2, 0.25) is 0 Å². The molecule has 12 heavy (non-hydrogen) atoms. The van der Waals surface area contributed by atoms with Gasteiger partial charge in [-0.2, -0.15) is 0 Å². The van der Waals surface area contributed by atoms with E-state index in [1.807, 2.05) is 0 Å². The number of hydrogen-bond acceptors (Lipinski definition) is 0. The van der Waals surface area contributed by atoms with Crippen molar-refractivity contribution >= 4 is 0 Å². The molecule has 0 aliphatic carbocycles. The Morgan fingerprint density at radius 1 is 1.17 bits per heavy atom. The van der Waals surface area contributed by atoms with E-state index < -0.39 is 0 Å². The molecule has 0 aromatic carbocycles. The van der Waals surface area contributed by atoms with E-state index in [0.29, 0.717) is 5.92 Å². The van der Waals surface area contributed by atoms with Crippen LogP contribution in [-0.4, -0.2) is 0 Å². The van der Waals surface area contributed by atoms with E-state index in [0.717, 1.165) is 11.8 Å². The molecule has 0 aromatic heterocycles. The van der Waals surface area contributed by atoms with Gasteiger partial charge in [0, 0.05) is 0 Å². The maximum Gasteiger partial charge on any atom is -0.0237 e. The number of hydrogen-bond donors (Lipinski definition) is 0. The highest BCUT2D eigenvalue weighted by molar-refractivity contribution is 4.99. The molecule has 0 fully saturated rings. The van der Waals surface area contributed by atoms with Crippen molar-refractivity contribution in [2.45, 2.75) is 47.5 Å². The minimum absolute atomic E-state index is 0.700. The average Bonchev–Trinajstić information content (AvgIpc) is 2.02. The highest BCUT2D eigenvalue weighted by Crippen LogP contribution is 2.24. The molecule has 0 aliphatic heterocycles. The Bertz CT molecular complexity index is 133. The van der Waals surface area contributed by atoms with Crippen molar-refractivity contribution in [1.29, 1.82) is 0 Å². The first-order chi connectivity index (χ1) is 5.49. The van der Waals surface area contributed by atoms with Crippen LogP contribution in [0.1, 0.15) is 47.5 Å². The second-order valence-electron chi connectivity index (χ2n) is 4.39. The molecule has 2 atom stereocenters. The quantitative estimate of drug-likeness (QED) is 0.538. The minimum atomic E-state index is 0.700. The smallest absolute Gasteiger partial charge is 0.0237 e. The van der Waals surface area contributed by atoms with Crippen molar-refractivity contribution in [2.75, 3.05) is 0 Å². The van der Waals surface area contributed by atoms with Crippen LogP contribution in [0.3, 0.4) is 0 Å². The predicted molar refractivity (Wildman–Crippen MR) is 57.2 cm³/mol. The summed E-state index contributed by atoms with van der Waals surface area (Å²) in [4.78, 5) is 0.